The van der Waals surface area contributed by atoms with Gasteiger partial charge in [-0.3, -0.25) is 4.79 Å². The largest absolute Gasteiger partial charge is 0.480 e. The Labute approximate surface area is 88.0 Å². The molecule has 0 bridgehead atoms. The average Bonchev–Trinajstić information content (AvgIpc) is 2.62. The van der Waals surface area contributed by atoms with Gasteiger partial charge in [-0.05, 0) is 19.3 Å². The first-order valence-electron chi connectivity index (χ1n) is 4.90. The molecule has 1 aliphatic carbocycles. The molecule has 15 heavy (non-hydrogen) atoms. The number of amides is 2. The van der Waals surface area contributed by atoms with Gasteiger partial charge >= 0.3 is 12.0 Å². The van der Waals surface area contributed by atoms with Crippen LogP contribution in [0.2, 0.25) is 0 Å². The molecule has 0 radical (unpaired) electrons. The van der Waals surface area contributed by atoms with E-state index in [1.807, 2.05) is 0 Å². The minimum Gasteiger partial charge on any atom is -0.480 e. The molecule has 2 unspecified atom stereocenters. The second-order valence-electron chi connectivity index (χ2n) is 3.59. The van der Waals surface area contributed by atoms with Crippen LogP contribution in [0.4, 0.5) is 4.79 Å². The van der Waals surface area contributed by atoms with Crippen molar-refractivity contribution in [2.45, 2.75) is 31.4 Å². The molecule has 1 saturated carbocycles. The van der Waals surface area contributed by atoms with Crippen LogP contribution in [0.1, 0.15) is 19.3 Å². The minimum atomic E-state index is -1.05. The molecule has 0 aromatic carbocycles. The number of ether oxygens (including phenoxy) is 1. The third-order valence-corrected chi connectivity index (χ3v) is 2.45. The smallest absolute Gasteiger partial charge is 0.323 e. The van der Waals surface area contributed by atoms with Crippen molar-refractivity contribution in [2.24, 2.45) is 0 Å². The van der Waals surface area contributed by atoms with Crippen molar-refractivity contribution in [2.75, 3.05) is 13.7 Å². The second-order valence-corrected chi connectivity index (χ2v) is 3.59. The fraction of sp³-hybridized carbons (Fsp3) is 0.778. The minimum absolute atomic E-state index is 0.0868. The Morgan fingerprint density at radius 3 is 2.73 bits per heavy atom. The van der Waals surface area contributed by atoms with Gasteiger partial charge in [-0.1, -0.05) is 0 Å². The lowest BCUT2D eigenvalue weighted by Gasteiger charge is -2.12. The maximum absolute atomic E-state index is 11.2. The molecule has 1 aliphatic rings. The van der Waals surface area contributed by atoms with Gasteiger partial charge in [-0.25, -0.2) is 4.79 Å². The molecule has 86 valence electrons. The molecule has 0 aromatic rings. The van der Waals surface area contributed by atoms with Crippen molar-refractivity contribution in [3.05, 3.63) is 0 Å². The van der Waals surface area contributed by atoms with Crippen LogP contribution in [-0.4, -0.2) is 42.9 Å². The van der Waals surface area contributed by atoms with Gasteiger partial charge in [0.25, 0.3) is 0 Å². The summed E-state index contributed by atoms with van der Waals surface area (Å²) in [5.41, 5.74) is 0. The van der Waals surface area contributed by atoms with Crippen molar-refractivity contribution in [1.82, 2.24) is 10.6 Å². The second kappa shape index (κ2) is 5.55. The highest BCUT2D eigenvalue weighted by Crippen LogP contribution is 2.20. The first-order chi connectivity index (χ1) is 7.11. The molecule has 0 heterocycles. The van der Waals surface area contributed by atoms with Crippen LogP contribution in [0.25, 0.3) is 0 Å². The van der Waals surface area contributed by atoms with E-state index in [4.69, 9.17) is 9.84 Å². The van der Waals surface area contributed by atoms with E-state index in [0.29, 0.717) is 0 Å². The number of nitrogens with one attached hydrogen (secondary N) is 2. The number of carbonyl (C=O) groups is 2. The Morgan fingerprint density at radius 2 is 2.20 bits per heavy atom. The zero-order valence-electron chi connectivity index (χ0n) is 8.66. The molecule has 3 N–H and O–H groups in total. The van der Waals surface area contributed by atoms with Gasteiger partial charge in [0.2, 0.25) is 0 Å². The summed E-state index contributed by atoms with van der Waals surface area (Å²) >= 11 is 0. The third kappa shape index (κ3) is 4.16. The quantitative estimate of drug-likeness (QED) is 0.614. The van der Waals surface area contributed by atoms with Crippen LogP contribution in [0.5, 0.6) is 0 Å². The first kappa shape index (κ1) is 11.8. The Bertz CT molecular complexity index is 244. The predicted octanol–water partition coefficient (Wildman–Crippen LogP) is -0.0623. The monoisotopic (exact) mass is 216 g/mol. The van der Waals surface area contributed by atoms with E-state index in [0.717, 1.165) is 19.3 Å². The number of carbonyl (C=O) groups excluding carboxylic acids is 1. The number of methoxy groups -OCH3 is 1. The van der Waals surface area contributed by atoms with Gasteiger partial charge in [0.15, 0.2) is 0 Å². The van der Waals surface area contributed by atoms with E-state index in [2.05, 4.69) is 10.6 Å². The average molecular weight is 216 g/mol. The van der Waals surface area contributed by atoms with E-state index < -0.39 is 12.0 Å². The molecule has 6 heteroatoms. The van der Waals surface area contributed by atoms with Gasteiger partial charge in [0.05, 0.1) is 6.10 Å². The number of hydrogen-bond acceptors (Lipinski definition) is 3. The van der Waals surface area contributed by atoms with E-state index in [-0.39, 0.29) is 18.7 Å². The predicted molar refractivity (Wildman–Crippen MR) is 52.6 cm³/mol. The molecular formula is C9H16N2O4. The first-order valence-corrected chi connectivity index (χ1v) is 4.90. The van der Waals surface area contributed by atoms with Crippen molar-refractivity contribution in [3.8, 4) is 0 Å². The molecule has 1 rings (SSSR count). The van der Waals surface area contributed by atoms with Crippen molar-refractivity contribution < 1.29 is 19.4 Å². The molecule has 0 aliphatic heterocycles. The zero-order chi connectivity index (χ0) is 11.3. The zero-order valence-corrected chi connectivity index (χ0v) is 8.66. The maximum Gasteiger partial charge on any atom is 0.323 e. The fourth-order valence-electron chi connectivity index (χ4n) is 1.68. The number of aliphatic carboxylic acids is 1. The van der Waals surface area contributed by atoms with Crippen molar-refractivity contribution in [3.63, 3.8) is 0 Å². The summed E-state index contributed by atoms with van der Waals surface area (Å²) < 4.78 is 5.16. The summed E-state index contributed by atoms with van der Waals surface area (Å²) in [6.07, 6.45) is 2.80. The SMILES string of the molecule is COC1CCC(NC(=O)NCC(=O)O)C1. The van der Waals surface area contributed by atoms with Gasteiger partial charge < -0.3 is 20.5 Å². The molecular weight excluding hydrogens is 200 g/mol. The number of urea groups is 1. The van der Waals surface area contributed by atoms with Gasteiger partial charge in [-0.15, -0.1) is 0 Å². The Hall–Kier alpha value is -1.30. The van der Waals surface area contributed by atoms with Gasteiger partial charge in [0.1, 0.15) is 6.54 Å². The summed E-state index contributed by atoms with van der Waals surface area (Å²) in [6, 6.07) is -0.345. The molecule has 2 atom stereocenters. The van der Waals surface area contributed by atoms with Crippen LogP contribution >= 0.6 is 0 Å². The highest BCUT2D eigenvalue weighted by molar-refractivity contribution is 5.79. The summed E-state index contributed by atoms with van der Waals surface area (Å²) in [4.78, 5) is 21.3. The summed E-state index contributed by atoms with van der Waals surface area (Å²) in [7, 11) is 1.65. The molecule has 6 nitrogen and oxygen atoms in total. The number of hydrogen-bond donors (Lipinski definition) is 3. The van der Waals surface area contributed by atoms with Crippen LogP contribution in [0.3, 0.4) is 0 Å². The Kier molecular flexibility index (Phi) is 4.36. The topological polar surface area (TPSA) is 87.7 Å². The lowest BCUT2D eigenvalue weighted by molar-refractivity contribution is -0.135. The molecule has 2 amide bonds. The summed E-state index contributed by atoms with van der Waals surface area (Å²) in [6.45, 7) is -0.355. The number of carboxylic acids is 1. The fourth-order valence-corrected chi connectivity index (χ4v) is 1.68. The van der Waals surface area contributed by atoms with Crippen molar-refractivity contribution in [1.29, 1.82) is 0 Å². The van der Waals surface area contributed by atoms with E-state index in [9.17, 15) is 9.59 Å². The van der Waals surface area contributed by atoms with Crippen LogP contribution in [0, 0.1) is 0 Å². The van der Waals surface area contributed by atoms with Crippen LogP contribution in [-0.2, 0) is 9.53 Å². The molecule has 1 fully saturated rings. The summed E-state index contributed by atoms with van der Waals surface area (Å²) in [5.74, 6) is -1.05. The number of carboxylic acid groups (broad SMARTS) is 1. The number of rotatable bonds is 4. The molecule has 0 aromatic heterocycles. The Balaban J connectivity index is 2.18. The third-order valence-electron chi connectivity index (χ3n) is 2.45. The maximum atomic E-state index is 11.2. The highest BCUT2D eigenvalue weighted by Gasteiger charge is 2.25. The van der Waals surface area contributed by atoms with Crippen LogP contribution in [0.15, 0.2) is 0 Å². The molecule has 0 saturated heterocycles. The van der Waals surface area contributed by atoms with E-state index in [1.54, 1.807) is 7.11 Å². The highest BCUT2D eigenvalue weighted by atomic mass is 16.5. The lowest BCUT2D eigenvalue weighted by atomic mass is 10.2. The normalized spacial score (nSPS) is 24.9. The standard InChI is InChI=1S/C9H16N2O4/c1-15-7-3-2-6(4-7)11-9(14)10-5-8(12)13/h6-7H,2-5H2,1H3,(H,12,13)(H2,10,11,14). The Morgan fingerprint density at radius 1 is 1.47 bits per heavy atom. The van der Waals surface area contributed by atoms with Gasteiger partial charge in [0, 0.05) is 13.2 Å². The molecule has 0 spiro atoms. The van der Waals surface area contributed by atoms with Crippen molar-refractivity contribution >= 4 is 12.0 Å². The lowest BCUT2D eigenvalue weighted by Crippen LogP contribution is -2.43. The van der Waals surface area contributed by atoms with Crippen LogP contribution < -0.4 is 10.6 Å². The van der Waals surface area contributed by atoms with Gasteiger partial charge in [-0.2, -0.15) is 0 Å². The summed E-state index contributed by atoms with van der Waals surface area (Å²) in [5, 5.41) is 13.3. The van der Waals surface area contributed by atoms with E-state index in [1.165, 1.54) is 0 Å². The van der Waals surface area contributed by atoms with E-state index >= 15 is 0 Å².